The third kappa shape index (κ3) is 2.43. The summed E-state index contributed by atoms with van der Waals surface area (Å²) in [6, 6.07) is 12.2. The van der Waals surface area contributed by atoms with Crippen molar-refractivity contribution in [2.24, 2.45) is 0 Å². The number of fused-ring (bicyclic) bond motifs is 1. The molecule has 0 atom stereocenters. The molecule has 106 valence electrons. The topological polar surface area (TPSA) is 77.2 Å². The number of ether oxygens (including phenoxy) is 1. The quantitative estimate of drug-likeness (QED) is 0.796. The van der Waals surface area contributed by atoms with Gasteiger partial charge < -0.3 is 9.84 Å². The second kappa shape index (κ2) is 5.24. The van der Waals surface area contributed by atoms with E-state index < -0.39 is 5.97 Å². The van der Waals surface area contributed by atoms with Crippen LogP contribution in [0.1, 0.15) is 17.3 Å². The maximum Gasteiger partial charge on any atom is 0.335 e. The average Bonchev–Trinajstić information content (AvgIpc) is 2.91. The van der Waals surface area contributed by atoms with E-state index in [0.717, 1.165) is 17.0 Å². The van der Waals surface area contributed by atoms with E-state index in [4.69, 9.17) is 9.84 Å². The molecule has 0 radical (unpaired) electrons. The van der Waals surface area contributed by atoms with Crippen LogP contribution in [0.2, 0.25) is 0 Å². The molecular weight excluding hydrogens is 270 g/mol. The molecule has 0 spiro atoms. The van der Waals surface area contributed by atoms with E-state index in [1.807, 2.05) is 31.2 Å². The van der Waals surface area contributed by atoms with Crippen molar-refractivity contribution >= 4 is 17.0 Å². The molecule has 0 aliphatic rings. The van der Waals surface area contributed by atoms with Crippen LogP contribution in [-0.2, 0) is 0 Å². The van der Waals surface area contributed by atoms with Gasteiger partial charge in [-0.25, -0.2) is 9.48 Å². The fourth-order valence-electron chi connectivity index (χ4n) is 2.10. The molecule has 0 aliphatic carbocycles. The van der Waals surface area contributed by atoms with Gasteiger partial charge in [-0.2, -0.15) is 0 Å². The van der Waals surface area contributed by atoms with E-state index in [9.17, 15) is 4.79 Å². The standard InChI is InChI=1S/C15H13N3O3/c1-2-21-12-6-4-11(5-7-12)18-14-8-3-10(15(19)20)9-13(14)16-17-18/h3-9H,2H2,1H3,(H,19,20). The summed E-state index contributed by atoms with van der Waals surface area (Å²) in [6.07, 6.45) is 0. The predicted octanol–water partition coefficient (Wildman–Crippen LogP) is 2.52. The van der Waals surface area contributed by atoms with E-state index in [0.29, 0.717) is 12.1 Å². The number of aromatic carboxylic acids is 1. The van der Waals surface area contributed by atoms with Gasteiger partial charge in [-0.3, -0.25) is 0 Å². The fraction of sp³-hybridized carbons (Fsp3) is 0.133. The maximum absolute atomic E-state index is 11.0. The predicted molar refractivity (Wildman–Crippen MR) is 77.0 cm³/mol. The Morgan fingerprint density at radius 3 is 2.67 bits per heavy atom. The highest BCUT2D eigenvalue weighted by atomic mass is 16.5. The Morgan fingerprint density at radius 2 is 2.00 bits per heavy atom. The number of rotatable bonds is 4. The van der Waals surface area contributed by atoms with Gasteiger partial charge in [0.1, 0.15) is 11.3 Å². The zero-order valence-electron chi connectivity index (χ0n) is 11.4. The lowest BCUT2D eigenvalue weighted by molar-refractivity contribution is 0.0697. The van der Waals surface area contributed by atoms with E-state index >= 15 is 0 Å². The molecular formula is C15H13N3O3. The van der Waals surface area contributed by atoms with Gasteiger partial charge in [-0.05, 0) is 49.4 Å². The van der Waals surface area contributed by atoms with E-state index in [-0.39, 0.29) is 5.56 Å². The summed E-state index contributed by atoms with van der Waals surface area (Å²) in [5, 5.41) is 17.1. The molecule has 0 bridgehead atoms. The van der Waals surface area contributed by atoms with Crippen LogP contribution in [0.25, 0.3) is 16.7 Å². The van der Waals surface area contributed by atoms with Crippen LogP contribution in [0.15, 0.2) is 42.5 Å². The summed E-state index contributed by atoms with van der Waals surface area (Å²) in [6.45, 7) is 2.54. The van der Waals surface area contributed by atoms with Crippen molar-refractivity contribution in [1.29, 1.82) is 0 Å². The molecule has 0 saturated carbocycles. The van der Waals surface area contributed by atoms with Crippen LogP contribution in [0.4, 0.5) is 0 Å². The average molecular weight is 283 g/mol. The highest BCUT2D eigenvalue weighted by Crippen LogP contribution is 2.20. The molecule has 3 aromatic rings. The SMILES string of the molecule is CCOc1ccc(-n2nnc3cc(C(=O)O)ccc32)cc1. The number of aromatic nitrogens is 3. The second-order valence-electron chi connectivity index (χ2n) is 4.44. The first-order chi connectivity index (χ1) is 10.2. The number of carboxylic acids is 1. The van der Waals surface area contributed by atoms with Gasteiger partial charge in [-0.1, -0.05) is 5.21 Å². The molecule has 0 amide bonds. The molecule has 0 unspecified atom stereocenters. The first kappa shape index (κ1) is 13.1. The summed E-state index contributed by atoms with van der Waals surface area (Å²) < 4.78 is 7.06. The minimum absolute atomic E-state index is 0.196. The molecule has 1 N–H and O–H groups in total. The molecule has 1 heterocycles. The van der Waals surface area contributed by atoms with Gasteiger partial charge in [0.05, 0.1) is 23.4 Å². The number of hydrogen-bond acceptors (Lipinski definition) is 4. The normalized spacial score (nSPS) is 10.7. The molecule has 1 aromatic heterocycles. The van der Waals surface area contributed by atoms with Crippen LogP contribution in [0, 0.1) is 0 Å². The minimum atomic E-state index is -0.979. The van der Waals surface area contributed by atoms with Crippen LogP contribution >= 0.6 is 0 Å². The number of carboxylic acid groups (broad SMARTS) is 1. The lowest BCUT2D eigenvalue weighted by Crippen LogP contribution is -1.98. The second-order valence-corrected chi connectivity index (χ2v) is 4.44. The number of hydrogen-bond donors (Lipinski definition) is 1. The molecule has 0 saturated heterocycles. The summed E-state index contributed by atoms with van der Waals surface area (Å²) in [5.41, 5.74) is 2.33. The van der Waals surface area contributed by atoms with Crippen molar-refractivity contribution in [2.45, 2.75) is 6.92 Å². The third-order valence-corrected chi connectivity index (χ3v) is 3.08. The minimum Gasteiger partial charge on any atom is -0.494 e. The van der Waals surface area contributed by atoms with Crippen molar-refractivity contribution in [1.82, 2.24) is 15.0 Å². The lowest BCUT2D eigenvalue weighted by Gasteiger charge is -2.05. The van der Waals surface area contributed by atoms with Crippen molar-refractivity contribution in [2.75, 3.05) is 6.61 Å². The Kier molecular flexibility index (Phi) is 3.27. The van der Waals surface area contributed by atoms with Gasteiger partial charge in [0.2, 0.25) is 0 Å². The Balaban J connectivity index is 2.02. The van der Waals surface area contributed by atoms with Crippen LogP contribution in [-0.4, -0.2) is 32.7 Å². The smallest absolute Gasteiger partial charge is 0.335 e. The molecule has 21 heavy (non-hydrogen) atoms. The van der Waals surface area contributed by atoms with Crippen molar-refractivity contribution in [3.63, 3.8) is 0 Å². The fourth-order valence-corrected chi connectivity index (χ4v) is 2.10. The van der Waals surface area contributed by atoms with Gasteiger partial charge in [0, 0.05) is 0 Å². The largest absolute Gasteiger partial charge is 0.494 e. The van der Waals surface area contributed by atoms with Gasteiger partial charge >= 0.3 is 5.97 Å². The highest BCUT2D eigenvalue weighted by molar-refractivity contribution is 5.92. The van der Waals surface area contributed by atoms with E-state index in [1.165, 1.54) is 6.07 Å². The monoisotopic (exact) mass is 283 g/mol. The summed E-state index contributed by atoms with van der Waals surface area (Å²) in [7, 11) is 0. The molecule has 6 heteroatoms. The van der Waals surface area contributed by atoms with Crippen molar-refractivity contribution in [3.8, 4) is 11.4 Å². The third-order valence-electron chi connectivity index (χ3n) is 3.08. The molecule has 0 fully saturated rings. The Labute approximate surface area is 120 Å². The van der Waals surface area contributed by atoms with Crippen molar-refractivity contribution in [3.05, 3.63) is 48.0 Å². The zero-order chi connectivity index (χ0) is 14.8. The highest BCUT2D eigenvalue weighted by Gasteiger charge is 2.10. The lowest BCUT2D eigenvalue weighted by atomic mass is 10.2. The summed E-state index contributed by atoms with van der Waals surface area (Å²) in [5.74, 6) is -0.189. The number of nitrogens with zero attached hydrogens (tertiary/aromatic N) is 3. The van der Waals surface area contributed by atoms with Crippen LogP contribution < -0.4 is 4.74 Å². The Bertz CT molecular complexity index is 794. The van der Waals surface area contributed by atoms with Crippen molar-refractivity contribution < 1.29 is 14.6 Å². The van der Waals surface area contributed by atoms with Gasteiger partial charge in [0.25, 0.3) is 0 Å². The Hall–Kier alpha value is -2.89. The molecule has 3 rings (SSSR count). The summed E-state index contributed by atoms with van der Waals surface area (Å²) in [4.78, 5) is 11.0. The van der Waals surface area contributed by atoms with E-state index in [2.05, 4.69) is 10.3 Å². The first-order valence-corrected chi connectivity index (χ1v) is 6.51. The molecule has 0 aliphatic heterocycles. The molecule has 2 aromatic carbocycles. The number of carbonyl (C=O) groups is 1. The van der Waals surface area contributed by atoms with Gasteiger partial charge in [0.15, 0.2) is 0 Å². The van der Waals surface area contributed by atoms with Crippen LogP contribution in [0.3, 0.4) is 0 Å². The molecule has 6 nitrogen and oxygen atoms in total. The Morgan fingerprint density at radius 1 is 1.24 bits per heavy atom. The first-order valence-electron chi connectivity index (χ1n) is 6.51. The number of benzene rings is 2. The zero-order valence-corrected chi connectivity index (χ0v) is 11.4. The summed E-state index contributed by atoms with van der Waals surface area (Å²) >= 11 is 0. The van der Waals surface area contributed by atoms with Gasteiger partial charge in [-0.15, -0.1) is 5.10 Å². The van der Waals surface area contributed by atoms with Crippen LogP contribution in [0.5, 0.6) is 5.75 Å². The maximum atomic E-state index is 11.0. The van der Waals surface area contributed by atoms with E-state index in [1.54, 1.807) is 16.8 Å².